The molecule has 0 saturated carbocycles. The second-order valence-corrected chi connectivity index (χ2v) is 6.13. The minimum Gasteiger partial charge on any atom is -0.319 e. The predicted molar refractivity (Wildman–Crippen MR) is 45.4 cm³/mol. The molecule has 66 valence electrons. The molecule has 1 rings (SSSR count). The highest BCUT2D eigenvalue weighted by atomic mass is 31.2. The smallest absolute Gasteiger partial charge is 0.136 e. The largest absolute Gasteiger partial charge is 0.319 e. The predicted octanol–water partition coefficient (Wildman–Crippen LogP) is 2.21. The maximum atomic E-state index is 12.9. The summed E-state index contributed by atoms with van der Waals surface area (Å²) < 4.78 is 36.7. The first-order valence-corrected chi connectivity index (χ1v) is 6.02. The first kappa shape index (κ1) is 9.40. The van der Waals surface area contributed by atoms with Gasteiger partial charge in [-0.25, -0.2) is 8.78 Å². The Morgan fingerprint density at radius 1 is 1.25 bits per heavy atom. The molecular formula is C8H9F2OP. The van der Waals surface area contributed by atoms with E-state index in [2.05, 4.69) is 0 Å². The van der Waals surface area contributed by atoms with Gasteiger partial charge in [-0.3, -0.25) is 0 Å². The molecule has 4 heteroatoms. The van der Waals surface area contributed by atoms with E-state index >= 15 is 0 Å². The molecule has 0 aromatic heterocycles. The molecule has 0 amide bonds. The van der Waals surface area contributed by atoms with Gasteiger partial charge in [0, 0.05) is 11.4 Å². The van der Waals surface area contributed by atoms with Crippen LogP contribution in [0.1, 0.15) is 0 Å². The molecule has 12 heavy (non-hydrogen) atoms. The molecule has 0 atom stereocenters. The van der Waals surface area contributed by atoms with Crippen molar-refractivity contribution in [3.63, 3.8) is 0 Å². The lowest BCUT2D eigenvalue weighted by Crippen LogP contribution is -2.08. The molecule has 0 N–H and O–H groups in total. The van der Waals surface area contributed by atoms with Gasteiger partial charge in [0.1, 0.15) is 18.8 Å². The van der Waals surface area contributed by atoms with Crippen LogP contribution < -0.4 is 5.30 Å². The molecule has 0 heterocycles. The molecule has 0 aliphatic rings. The second-order valence-electron chi connectivity index (χ2n) is 2.95. The molecule has 0 unspecified atom stereocenters. The fraction of sp³-hybridized carbons (Fsp3) is 0.250. The maximum absolute atomic E-state index is 12.9. The summed E-state index contributed by atoms with van der Waals surface area (Å²) in [5.41, 5.74) is 0. The summed E-state index contributed by atoms with van der Waals surface area (Å²) in [6.45, 7) is 2.90. The van der Waals surface area contributed by atoms with Crippen LogP contribution in [-0.2, 0) is 4.57 Å². The van der Waals surface area contributed by atoms with E-state index in [9.17, 15) is 13.3 Å². The minimum absolute atomic E-state index is 0.101. The third kappa shape index (κ3) is 1.92. The van der Waals surface area contributed by atoms with Crippen LogP contribution in [0.15, 0.2) is 18.2 Å². The van der Waals surface area contributed by atoms with Crippen molar-refractivity contribution in [3.8, 4) is 0 Å². The molecule has 0 spiro atoms. The van der Waals surface area contributed by atoms with Crippen molar-refractivity contribution in [3.05, 3.63) is 29.8 Å². The van der Waals surface area contributed by atoms with Crippen LogP contribution in [0.5, 0.6) is 0 Å². The van der Waals surface area contributed by atoms with Crippen molar-refractivity contribution in [2.24, 2.45) is 0 Å². The SMILES string of the molecule is CP(C)(=O)c1ccc(F)cc1F. The molecule has 0 saturated heterocycles. The van der Waals surface area contributed by atoms with E-state index in [1.165, 1.54) is 19.4 Å². The highest BCUT2D eigenvalue weighted by Gasteiger charge is 2.16. The molecule has 0 aliphatic heterocycles. The lowest BCUT2D eigenvalue weighted by atomic mass is 10.3. The lowest BCUT2D eigenvalue weighted by molar-refractivity contribution is 0.577. The van der Waals surface area contributed by atoms with E-state index in [4.69, 9.17) is 0 Å². The minimum atomic E-state index is -2.62. The van der Waals surface area contributed by atoms with Crippen molar-refractivity contribution in [1.82, 2.24) is 0 Å². The van der Waals surface area contributed by atoms with Crippen molar-refractivity contribution in [2.45, 2.75) is 0 Å². The van der Waals surface area contributed by atoms with Gasteiger partial charge in [0.25, 0.3) is 0 Å². The van der Waals surface area contributed by atoms with Crippen LogP contribution in [0.25, 0.3) is 0 Å². The molecule has 1 aromatic rings. The number of benzene rings is 1. The van der Waals surface area contributed by atoms with Crippen molar-refractivity contribution in [1.29, 1.82) is 0 Å². The summed E-state index contributed by atoms with van der Waals surface area (Å²) in [6, 6.07) is 3.08. The summed E-state index contributed by atoms with van der Waals surface area (Å²) in [5, 5.41) is 0.101. The van der Waals surface area contributed by atoms with Crippen LogP contribution in [0.4, 0.5) is 8.78 Å². The standard InChI is InChI=1S/C8H9F2OP/c1-12(2,11)8-4-3-6(9)5-7(8)10/h3-5H,1-2H3. The highest BCUT2D eigenvalue weighted by molar-refractivity contribution is 7.70. The first-order valence-electron chi connectivity index (χ1n) is 3.42. The van der Waals surface area contributed by atoms with E-state index < -0.39 is 18.8 Å². The summed E-state index contributed by atoms with van der Waals surface area (Å²) in [7, 11) is -2.62. The number of hydrogen-bond acceptors (Lipinski definition) is 1. The quantitative estimate of drug-likeness (QED) is 0.620. The summed E-state index contributed by atoms with van der Waals surface area (Å²) in [5.74, 6) is -1.38. The van der Waals surface area contributed by atoms with Gasteiger partial charge in [-0.2, -0.15) is 0 Å². The number of rotatable bonds is 1. The zero-order chi connectivity index (χ0) is 9.35. The topological polar surface area (TPSA) is 17.1 Å². The van der Waals surface area contributed by atoms with E-state index in [1.54, 1.807) is 0 Å². The number of halogens is 2. The molecule has 1 aromatic carbocycles. The monoisotopic (exact) mass is 190 g/mol. The zero-order valence-electron chi connectivity index (χ0n) is 6.84. The Hall–Kier alpha value is -0.690. The Balaban J connectivity index is 3.28. The van der Waals surface area contributed by atoms with Gasteiger partial charge in [0.05, 0.1) is 0 Å². The molecule has 0 aliphatic carbocycles. The van der Waals surface area contributed by atoms with Crippen molar-refractivity contribution >= 4 is 12.4 Å². The third-order valence-corrected chi connectivity index (χ3v) is 3.01. The van der Waals surface area contributed by atoms with E-state index in [-0.39, 0.29) is 5.30 Å². The van der Waals surface area contributed by atoms with Crippen molar-refractivity contribution < 1.29 is 13.3 Å². The van der Waals surface area contributed by atoms with E-state index in [0.29, 0.717) is 0 Å². The van der Waals surface area contributed by atoms with Gasteiger partial charge in [0.2, 0.25) is 0 Å². The van der Waals surface area contributed by atoms with Crippen LogP contribution in [0, 0.1) is 11.6 Å². The Kier molecular flexibility index (Phi) is 2.34. The molecule has 0 bridgehead atoms. The molecular weight excluding hydrogens is 181 g/mol. The maximum Gasteiger partial charge on any atom is 0.136 e. The molecule has 1 nitrogen and oxygen atoms in total. The van der Waals surface area contributed by atoms with E-state index in [0.717, 1.165) is 12.1 Å². The fourth-order valence-electron chi connectivity index (χ4n) is 0.918. The van der Waals surface area contributed by atoms with Gasteiger partial charge in [-0.05, 0) is 25.5 Å². The van der Waals surface area contributed by atoms with Gasteiger partial charge < -0.3 is 4.57 Å². The number of hydrogen-bond donors (Lipinski definition) is 0. The van der Waals surface area contributed by atoms with Crippen LogP contribution in [-0.4, -0.2) is 13.3 Å². The fourth-order valence-corrected chi connectivity index (χ4v) is 1.93. The zero-order valence-corrected chi connectivity index (χ0v) is 7.74. The van der Waals surface area contributed by atoms with E-state index in [1.807, 2.05) is 0 Å². The Bertz CT molecular complexity index is 343. The Morgan fingerprint density at radius 2 is 1.83 bits per heavy atom. The summed E-state index contributed by atoms with van der Waals surface area (Å²) in [4.78, 5) is 0. The molecule has 0 radical (unpaired) electrons. The second kappa shape index (κ2) is 2.98. The van der Waals surface area contributed by atoms with Crippen LogP contribution in [0.2, 0.25) is 0 Å². The van der Waals surface area contributed by atoms with Gasteiger partial charge in [-0.15, -0.1) is 0 Å². The van der Waals surface area contributed by atoms with Crippen LogP contribution in [0.3, 0.4) is 0 Å². The van der Waals surface area contributed by atoms with Gasteiger partial charge in [0.15, 0.2) is 0 Å². The lowest BCUT2D eigenvalue weighted by Gasteiger charge is -2.07. The highest BCUT2D eigenvalue weighted by Crippen LogP contribution is 2.35. The summed E-state index contributed by atoms with van der Waals surface area (Å²) >= 11 is 0. The normalized spacial score (nSPS) is 11.7. The summed E-state index contributed by atoms with van der Waals surface area (Å²) in [6.07, 6.45) is 0. The van der Waals surface area contributed by atoms with Crippen LogP contribution >= 0.6 is 7.14 Å². The average Bonchev–Trinajstić information content (AvgIpc) is 1.83. The Labute approximate surface area is 69.8 Å². The van der Waals surface area contributed by atoms with Gasteiger partial charge in [-0.1, -0.05) is 0 Å². The third-order valence-electron chi connectivity index (χ3n) is 1.49. The van der Waals surface area contributed by atoms with Crippen molar-refractivity contribution in [2.75, 3.05) is 13.3 Å². The first-order chi connectivity index (χ1) is 5.41. The Morgan fingerprint density at radius 3 is 2.25 bits per heavy atom. The molecule has 0 fully saturated rings. The van der Waals surface area contributed by atoms with Gasteiger partial charge >= 0.3 is 0 Å². The average molecular weight is 190 g/mol.